The van der Waals surface area contributed by atoms with Crippen LogP contribution >= 0.6 is 11.6 Å². The number of benzene rings is 2. The van der Waals surface area contributed by atoms with Gasteiger partial charge in [0.25, 0.3) is 0 Å². The Bertz CT molecular complexity index is 806. The van der Waals surface area contributed by atoms with Crippen molar-refractivity contribution in [1.29, 1.82) is 0 Å². The molecule has 0 fully saturated rings. The normalized spacial score (nSPS) is 20.0. The molecule has 3 nitrogen and oxygen atoms in total. The molecule has 0 saturated heterocycles. The molecule has 23 heavy (non-hydrogen) atoms. The van der Waals surface area contributed by atoms with Gasteiger partial charge in [-0.2, -0.15) is 0 Å². The monoisotopic (exact) mass is 323 g/mol. The molecule has 4 rings (SSSR count). The summed E-state index contributed by atoms with van der Waals surface area (Å²) >= 11 is 6.02. The van der Waals surface area contributed by atoms with Crippen LogP contribution in [0.3, 0.4) is 0 Å². The maximum Gasteiger partial charge on any atom is 0.194 e. The van der Waals surface area contributed by atoms with Gasteiger partial charge in [-0.15, -0.1) is 0 Å². The smallest absolute Gasteiger partial charge is 0.194 e. The standard InChI is InChI=1S/C19H18ClN3/c20-14-10-8-13(9-11-14)17-16-7-3-5-12-4-1-2-6-15(12)18(16)23-19(21)22-17/h1-2,4,6,8-11,17H,3,5,7H2,(H3,21,22,23). The van der Waals surface area contributed by atoms with Gasteiger partial charge in [0.15, 0.2) is 5.96 Å². The molecule has 2 aromatic rings. The number of nitrogens with zero attached hydrogens (tertiary/aromatic N) is 1. The van der Waals surface area contributed by atoms with E-state index in [2.05, 4.69) is 34.6 Å². The average molecular weight is 324 g/mol. The van der Waals surface area contributed by atoms with Crippen molar-refractivity contribution in [3.8, 4) is 0 Å². The molecule has 0 radical (unpaired) electrons. The van der Waals surface area contributed by atoms with E-state index in [4.69, 9.17) is 17.3 Å². The molecule has 2 aromatic carbocycles. The van der Waals surface area contributed by atoms with E-state index < -0.39 is 0 Å². The van der Waals surface area contributed by atoms with Crippen LogP contribution in [0.15, 0.2) is 59.1 Å². The van der Waals surface area contributed by atoms with Crippen LogP contribution in [-0.4, -0.2) is 5.96 Å². The minimum atomic E-state index is -0.0327. The fraction of sp³-hybridized carbons (Fsp3) is 0.211. The number of aryl methyl sites for hydroxylation is 1. The molecule has 1 aliphatic heterocycles. The summed E-state index contributed by atoms with van der Waals surface area (Å²) in [6, 6.07) is 16.4. The highest BCUT2D eigenvalue weighted by atomic mass is 35.5. The van der Waals surface area contributed by atoms with Crippen molar-refractivity contribution in [2.75, 3.05) is 0 Å². The third-order valence-electron chi connectivity index (χ3n) is 4.54. The van der Waals surface area contributed by atoms with Crippen molar-refractivity contribution in [2.24, 2.45) is 10.7 Å². The van der Waals surface area contributed by atoms with E-state index in [0.29, 0.717) is 5.96 Å². The zero-order valence-corrected chi connectivity index (χ0v) is 13.5. The SMILES string of the molecule is NC1=NC(c2ccc(Cl)cc2)C2=C(N1)c1ccccc1CCC2. The Morgan fingerprint density at radius 2 is 1.83 bits per heavy atom. The van der Waals surface area contributed by atoms with Gasteiger partial charge in [-0.25, -0.2) is 4.99 Å². The van der Waals surface area contributed by atoms with Gasteiger partial charge in [-0.1, -0.05) is 48.0 Å². The van der Waals surface area contributed by atoms with Crippen molar-refractivity contribution >= 4 is 23.3 Å². The molecule has 3 N–H and O–H groups in total. The zero-order valence-electron chi connectivity index (χ0n) is 12.7. The second-order valence-corrected chi connectivity index (χ2v) is 6.44. The summed E-state index contributed by atoms with van der Waals surface area (Å²) in [7, 11) is 0. The molecule has 4 heteroatoms. The summed E-state index contributed by atoms with van der Waals surface area (Å²) in [4.78, 5) is 4.66. The molecule has 0 aromatic heterocycles. The molecule has 0 saturated carbocycles. The number of nitrogens with two attached hydrogens (primary N) is 1. The van der Waals surface area contributed by atoms with E-state index in [1.165, 1.54) is 16.7 Å². The second-order valence-electron chi connectivity index (χ2n) is 6.00. The molecule has 1 heterocycles. The van der Waals surface area contributed by atoms with E-state index >= 15 is 0 Å². The number of fused-ring (bicyclic) bond motifs is 2. The first-order chi connectivity index (χ1) is 11.2. The van der Waals surface area contributed by atoms with Crippen LogP contribution in [0.1, 0.15) is 35.6 Å². The largest absolute Gasteiger partial charge is 0.370 e. The van der Waals surface area contributed by atoms with Crippen molar-refractivity contribution in [2.45, 2.75) is 25.3 Å². The number of nitrogens with one attached hydrogen (secondary N) is 1. The summed E-state index contributed by atoms with van der Waals surface area (Å²) in [5, 5.41) is 4.04. The van der Waals surface area contributed by atoms with Gasteiger partial charge in [0.1, 0.15) is 6.04 Å². The van der Waals surface area contributed by atoms with Gasteiger partial charge in [0.05, 0.1) is 5.70 Å². The molecule has 0 bridgehead atoms. The van der Waals surface area contributed by atoms with Crippen LogP contribution in [0.25, 0.3) is 5.70 Å². The fourth-order valence-electron chi connectivity index (χ4n) is 3.47. The topological polar surface area (TPSA) is 50.4 Å². The second kappa shape index (κ2) is 5.74. The first-order valence-corrected chi connectivity index (χ1v) is 8.27. The lowest BCUT2D eigenvalue weighted by Gasteiger charge is -2.27. The van der Waals surface area contributed by atoms with Crippen LogP contribution < -0.4 is 11.1 Å². The van der Waals surface area contributed by atoms with Crippen LogP contribution in [0.2, 0.25) is 5.02 Å². The number of hydrogen-bond donors (Lipinski definition) is 2. The summed E-state index contributed by atoms with van der Waals surface area (Å²) < 4.78 is 0. The molecule has 116 valence electrons. The maximum absolute atomic E-state index is 6.09. The molecule has 0 amide bonds. The molecule has 2 aliphatic rings. The minimum absolute atomic E-state index is 0.0327. The molecule has 1 aliphatic carbocycles. The number of rotatable bonds is 1. The number of aliphatic imine (C=N–C) groups is 1. The molecular weight excluding hydrogens is 306 g/mol. The predicted molar refractivity (Wildman–Crippen MR) is 95.3 cm³/mol. The number of halogens is 1. The van der Waals surface area contributed by atoms with Gasteiger partial charge in [0, 0.05) is 10.6 Å². The predicted octanol–water partition coefficient (Wildman–Crippen LogP) is 4.05. The van der Waals surface area contributed by atoms with Crippen LogP contribution in [0.5, 0.6) is 0 Å². The Kier molecular flexibility index (Phi) is 3.58. The first-order valence-electron chi connectivity index (χ1n) is 7.89. The summed E-state index contributed by atoms with van der Waals surface area (Å²) in [6.45, 7) is 0. The quantitative estimate of drug-likeness (QED) is 0.832. The third-order valence-corrected chi connectivity index (χ3v) is 4.79. The lowest BCUT2D eigenvalue weighted by atomic mass is 9.92. The Balaban J connectivity index is 1.86. The summed E-state index contributed by atoms with van der Waals surface area (Å²) in [5.41, 5.74) is 12.3. The Morgan fingerprint density at radius 1 is 1.04 bits per heavy atom. The van der Waals surface area contributed by atoms with Crippen molar-refractivity contribution in [3.63, 3.8) is 0 Å². The molecule has 1 unspecified atom stereocenters. The lowest BCUT2D eigenvalue weighted by molar-refractivity contribution is 0.722. The molecular formula is C19H18ClN3. The highest BCUT2D eigenvalue weighted by Gasteiger charge is 2.28. The van der Waals surface area contributed by atoms with E-state index in [0.717, 1.165) is 35.5 Å². The van der Waals surface area contributed by atoms with Gasteiger partial charge in [-0.05, 0) is 48.1 Å². The van der Waals surface area contributed by atoms with Gasteiger partial charge in [0.2, 0.25) is 0 Å². The maximum atomic E-state index is 6.09. The Labute approximate surface area is 140 Å². The van der Waals surface area contributed by atoms with Crippen LogP contribution in [-0.2, 0) is 6.42 Å². The van der Waals surface area contributed by atoms with E-state index in [1.54, 1.807) is 0 Å². The Hall–Kier alpha value is -2.26. The van der Waals surface area contributed by atoms with E-state index in [1.807, 2.05) is 24.3 Å². The lowest BCUT2D eigenvalue weighted by Crippen LogP contribution is -2.35. The average Bonchev–Trinajstić information content (AvgIpc) is 2.75. The number of guanidine groups is 1. The molecule has 0 spiro atoms. The fourth-order valence-corrected chi connectivity index (χ4v) is 3.59. The first kappa shape index (κ1) is 14.3. The van der Waals surface area contributed by atoms with Gasteiger partial charge < -0.3 is 11.1 Å². The number of hydrogen-bond acceptors (Lipinski definition) is 3. The third kappa shape index (κ3) is 2.62. The van der Waals surface area contributed by atoms with Crippen molar-refractivity contribution in [3.05, 3.63) is 75.8 Å². The zero-order chi connectivity index (χ0) is 15.8. The van der Waals surface area contributed by atoms with Crippen LogP contribution in [0, 0.1) is 0 Å². The highest BCUT2D eigenvalue weighted by Crippen LogP contribution is 2.39. The van der Waals surface area contributed by atoms with Crippen molar-refractivity contribution < 1.29 is 0 Å². The Morgan fingerprint density at radius 3 is 2.65 bits per heavy atom. The van der Waals surface area contributed by atoms with E-state index in [9.17, 15) is 0 Å². The summed E-state index contributed by atoms with van der Waals surface area (Å²) in [5.74, 6) is 0.473. The van der Waals surface area contributed by atoms with Gasteiger partial charge in [-0.3, -0.25) is 0 Å². The van der Waals surface area contributed by atoms with Gasteiger partial charge >= 0.3 is 0 Å². The summed E-state index contributed by atoms with van der Waals surface area (Å²) in [6.07, 6.45) is 3.22. The van der Waals surface area contributed by atoms with Crippen LogP contribution in [0.4, 0.5) is 0 Å². The van der Waals surface area contributed by atoms with Crippen molar-refractivity contribution in [1.82, 2.24) is 5.32 Å². The highest BCUT2D eigenvalue weighted by molar-refractivity contribution is 6.30. The minimum Gasteiger partial charge on any atom is -0.370 e. The van der Waals surface area contributed by atoms with E-state index in [-0.39, 0.29) is 6.04 Å². The molecule has 1 atom stereocenters.